The third kappa shape index (κ3) is 2.29. The van der Waals surface area contributed by atoms with Crippen LogP contribution in [0.5, 0.6) is 0 Å². The van der Waals surface area contributed by atoms with Gasteiger partial charge in [0.05, 0.1) is 5.52 Å². The summed E-state index contributed by atoms with van der Waals surface area (Å²) in [6.07, 6.45) is 4.68. The number of hydrogen-bond acceptors (Lipinski definition) is 1. The van der Waals surface area contributed by atoms with Crippen LogP contribution in [0.1, 0.15) is 36.2 Å². The van der Waals surface area contributed by atoms with Gasteiger partial charge in [-0.3, -0.25) is 4.79 Å². The predicted octanol–water partition coefficient (Wildman–Crippen LogP) is 3.61. The first kappa shape index (κ1) is 12.7. The molecular weight excluding hydrogens is 304 g/mol. The molecule has 0 atom stereocenters. The van der Waals surface area contributed by atoms with E-state index in [0.717, 1.165) is 33.9 Å². The van der Waals surface area contributed by atoms with E-state index in [4.69, 9.17) is 0 Å². The molecule has 1 aromatic heterocycles. The van der Waals surface area contributed by atoms with E-state index in [2.05, 4.69) is 21.2 Å². The number of amides is 1. The molecule has 0 saturated heterocycles. The van der Waals surface area contributed by atoms with Crippen LogP contribution in [0, 0.1) is 0 Å². The van der Waals surface area contributed by atoms with Gasteiger partial charge in [-0.2, -0.15) is 0 Å². The molecule has 0 spiro atoms. The van der Waals surface area contributed by atoms with Gasteiger partial charge in [-0.25, -0.2) is 0 Å². The molecule has 0 bridgehead atoms. The summed E-state index contributed by atoms with van der Waals surface area (Å²) in [7, 11) is 1.94. The number of nitrogens with one attached hydrogen (secondary N) is 1. The number of halogens is 1. The third-order valence-corrected chi connectivity index (χ3v) is 4.57. The van der Waals surface area contributed by atoms with Crippen LogP contribution in [0.15, 0.2) is 28.7 Å². The second-order valence-corrected chi connectivity index (χ2v) is 6.08. The van der Waals surface area contributed by atoms with Crippen molar-refractivity contribution in [3.05, 3.63) is 34.4 Å². The number of nitrogens with zero attached hydrogens (tertiary/aromatic N) is 1. The fourth-order valence-corrected chi connectivity index (χ4v) is 3.56. The number of fused-ring (bicyclic) bond motifs is 1. The van der Waals surface area contributed by atoms with Crippen molar-refractivity contribution in [2.45, 2.75) is 31.7 Å². The molecule has 0 radical (unpaired) electrons. The van der Waals surface area contributed by atoms with Crippen molar-refractivity contribution >= 4 is 32.7 Å². The highest BCUT2D eigenvalue weighted by Crippen LogP contribution is 2.27. The average molecular weight is 321 g/mol. The Labute approximate surface area is 121 Å². The molecule has 100 valence electrons. The van der Waals surface area contributed by atoms with Crippen molar-refractivity contribution in [3.8, 4) is 0 Å². The molecule has 0 aliphatic heterocycles. The van der Waals surface area contributed by atoms with Crippen LogP contribution in [0.4, 0.5) is 0 Å². The number of aromatic nitrogens is 1. The Morgan fingerprint density at radius 1 is 1.37 bits per heavy atom. The van der Waals surface area contributed by atoms with E-state index in [0.29, 0.717) is 6.04 Å². The van der Waals surface area contributed by atoms with E-state index < -0.39 is 0 Å². The molecule has 1 aliphatic carbocycles. The molecule has 19 heavy (non-hydrogen) atoms. The first-order valence-corrected chi connectivity index (χ1v) is 7.51. The SMILES string of the molecule is Cn1c(C(=O)NC2CCCC2)cc2cccc(Br)c21. The maximum absolute atomic E-state index is 12.4. The quantitative estimate of drug-likeness (QED) is 0.901. The number of hydrogen-bond donors (Lipinski definition) is 1. The molecule has 1 aromatic carbocycles. The van der Waals surface area contributed by atoms with Gasteiger partial charge in [0.25, 0.3) is 5.91 Å². The molecule has 1 heterocycles. The van der Waals surface area contributed by atoms with Gasteiger partial charge in [-0.15, -0.1) is 0 Å². The zero-order chi connectivity index (χ0) is 13.4. The highest BCUT2D eigenvalue weighted by atomic mass is 79.9. The smallest absolute Gasteiger partial charge is 0.268 e. The summed E-state index contributed by atoms with van der Waals surface area (Å²) in [5.74, 6) is 0.0394. The summed E-state index contributed by atoms with van der Waals surface area (Å²) < 4.78 is 2.98. The lowest BCUT2D eigenvalue weighted by Gasteiger charge is -2.12. The summed E-state index contributed by atoms with van der Waals surface area (Å²) in [4.78, 5) is 12.4. The van der Waals surface area contributed by atoms with Crippen LogP contribution >= 0.6 is 15.9 Å². The molecule has 1 aliphatic rings. The zero-order valence-electron chi connectivity index (χ0n) is 10.9. The van der Waals surface area contributed by atoms with Crippen molar-refractivity contribution in [2.24, 2.45) is 7.05 Å². The Kier molecular flexibility index (Phi) is 3.35. The van der Waals surface area contributed by atoms with Gasteiger partial charge >= 0.3 is 0 Å². The van der Waals surface area contributed by atoms with E-state index in [-0.39, 0.29) is 5.91 Å². The van der Waals surface area contributed by atoms with Gasteiger partial charge in [0.15, 0.2) is 0 Å². The average Bonchev–Trinajstić information content (AvgIpc) is 2.98. The molecule has 1 fully saturated rings. The van der Waals surface area contributed by atoms with E-state index in [1.165, 1.54) is 12.8 Å². The van der Waals surface area contributed by atoms with Gasteiger partial charge in [-0.1, -0.05) is 25.0 Å². The zero-order valence-corrected chi connectivity index (χ0v) is 12.5. The molecule has 2 aromatic rings. The Balaban J connectivity index is 1.94. The van der Waals surface area contributed by atoms with Gasteiger partial charge in [0.1, 0.15) is 5.69 Å². The topological polar surface area (TPSA) is 34.0 Å². The number of carbonyl (C=O) groups is 1. The third-order valence-electron chi connectivity index (χ3n) is 3.93. The first-order chi connectivity index (χ1) is 9.16. The van der Waals surface area contributed by atoms with Crippen LogP contribution in [0.25, 0.3) is 10.9 Å². The maximum Gasteiger partial charge on any atom is 0.268 e. The monoisotopic (exact) mass is 320 g/mol. The van der Waals surface area contributed by atoms with Crippen LogP contribution in [0.3, 0.4) is 0 Å². The fourth-order valence-electron chi connectivity index (χ4n) is 2.91. The minimum Gasteiger partial charge on any atom is -0.348 e. The number of rotatable bonds is 2. The molecule has 3 rings (SSSR count). The molecule has 1 amide bonds. The second kappa shape index (κ2) is 5.00. The first-order valence-electron chi connectivity index (χ1n) is 6.71. The summed E-state index contributed by atoms with van der Waals surface area (Å²) in [6.45, 7) is 0. The van der Waals surface area contributed by atoms with Gasteiger partial charge < -0.3 is 9.88 Å². The molecule has 4 heteroatoms. The maximum atomic E-state index is 12.4. The number of carbonyl (C=O) groups excluding carboxylic acids is 1. The van der Waals surface area contributed by atoms with Gasteiger partial charge in [-0.05, 0) is 40.9 Å². The predicted molar refractivity (Wildman–Crippen MR) is 80.3 cm³/mol. The minimum absolute atomic E-state index is 0.0394. The van der Waals surface area contributed by atoms with E-state index >= 15 is 0 Å². The van der Waals surface area contributed by atoms with Gasteiger partial charge in [0, 0.05) is 22.9 Å². The Bertz CT molecular complexity index is 626. The lowest BCUT2D eigenvalue weighted by atomic mass is 10.2. The molecule has 3 nitrogen and oxygen atoms in total. The van der Waals surface area contributed by atoms with Crippen molar-refractivity contribution in [3.63, 3.8) is 0 Å². The van der Waals surface area contributed by atoms with Crippen molar-refractivity contribution in [1.82, 2.24) is 9.88 Å². The largest absolute Gasteiger partial charge is 0.348 e. The van der Waals surface area contributed by atoms with Crippen LogP contribution < -0.4 is 5.32 Å². The normalized spacial score (nSPS) is 16.1. The molecule has 0 unspecified atom stereocenters. The van der Waals surface area contributed by atoms with Gasteiger partial charge in [0.2, 0.25) is 0 Å². The Hall–Kier alpha value is -1.29. The summed E-state index contributed by atoms with van der Waals surface area (Å²) in [6, 6.07) is 8.34. The molecule has 1 N–H and O–H groups in total. The van der Waals surface area contributed by atoms with Crippen molar-refractivity contribution in [1.29, 1.82) is 0 Å². The molecule has 1 saturated carbocycles. The van der Waals surface area contributed by atoms with E-state index in [1.807, 2.05) is 35.9 Å². The van der Waals surface area contributed by atoms with Crippen LogP contribution in [-0.4, -0.2) is 16.5 Å². The summed E-state index contributed by atoms with van der Waals surface area (Å²) in [5.41, 5.74) is 1.80. The van der Waals surface area contributed by atoms with Crippen molar-refractivity contribution in [2.75, 3.05) is 0 Å². The standard InChI is InChI=1S/C15H17BrN2O/c1-18-13(15(19)17-11-6-2-3-7-11)9-10-5-4-8-12(16)14(10)18/h4-5,8-9,11H,2-3,6-7H2,1H3,(H,17,19). The minimum atomic E-state index is 0.0394. The summed E-state index contributed by atoms with van der Waals surface area (Å²) >= 11 is 3.55. The lowest BCUT2D eigenvalue weighted by Crippen LogP contribution is -2.33. The second-order valence-electron chi connectivity index (χ2n) is 5.22. The van der Waals surface area contributed by atoms with Crippen LogP contribution in [-0.2, 0) is 7.05 Å². The van der Waals surface area contributed by atoms with E-state index in [1.54, 1.807) is 0 Å². The number of benzene rings is 1. The van der Waals surface area contributed by atoms with Crippen molar-refractivity contribution < 1.29 is 4.79 Å². The Morgan fingerprint density at radius 2 is 2.11 bits per heavy atom. The lowest BCUT2D eigenvalue weighted by molar-refractivity contribution is 0.0930. The number of para-hydroxylation sites is 1. The summed E-state index contributed by atoms with van der Waals surface area (Å²) in [5, 5.41) is 4.23. The highest BCUT2D eigenvalue weighted by Gasteiger charge is 2.20. The Morgan fingerprint density at radius 3 is 2.79 bits per heavy atom. The van der Waals surface area contributed by atoms with E-state index in [9.17, 15) is 4.79 Å². The van der Waals surface area contributed by atoms with Crippen LogP contribution in [0.2, 0.25) is 0 Å². The number of aryl methyl sites for hydroxylation is 1. The fraction of sp³-hybridized carbons (Fsp3) is 0.400. The highest BCUT2D eigenvalue weighted by molar-refractivity contribution is 9.10. The molecular formula is C15H17BrN2O.